The predicted octanol–water partition coefficient (Wildman–Crippen LogP) is 10.7. The van der Waals surface area contributed by atoms with Gasteiger partial charge in [-0.2, -0.15) is 0 Å². The number of pyridine rings is 1. The van der Waals surface area contributed by atoms with Gasteiger partial charge in [-0.3, -0.25) is 4.98 Å². The second-order valence-electron chi connectivity index (χ2n) is 12.0. The summed E-state index contributed by atoms with van der Waals surface area (Å²) in [6.45, 7) is 0. The van der Waals surface area contributed by atoms with E-state index >= 15 is 0 Å². The molecule has 0 aliphatic carbocycles. The van der Waals surface area contributed by atoms with Crippen molar-refractivity contribution in [1.82, 2.24) is 24.5 Å². The Hall–Kier alpha value is -6.72. The molecule has 0 aliphatic rings. The highest BCUT2D eigenvalue weighted by atomic mass is 15.0. The van der Waals surface area contributed by atoms with Crippen LogP contribution in [0.15, 0.2) is 176 Å². The van der Waals surface area contributed by atoms with Crippen molar-refractivity contribution < 1.29 is 0 Å². The van der Waals surface area contributed by atoms with Crippen molar-refractivity contribution in [2.45, 2.75) is 0 Å². The highest BCUT2D eigenvalue weighted by Gasteiger charge is 2.19. The average Bonchev–Trinajstić information content (AvgIpc) is 3.52. The Morgan fingerprint density at radius 3 is 1.59 bits per heavy atom. The molecule has 0 spiro atoms. The van der Waals surface area contributed by atoms with Gasteiger partial charge in [-0.1, -0.05) is 127 Å². The van der Waals surface area contributed by atoms with Crippen LogP contribution in [0.4, 0.5) is 0 Å². The summed E-state index contributed by atoms with van der Waals surface area (Å²) in [5.41, 5.74) is 10.5. The fraction of sp³-hybridized carbons (Fsp3) is 0. The van der Waals surface area contributed by atoms with Crippen LogP contribution in [0.2, 0.25) is 0 Å². The summed E-state index contributed by atoms with van der Waals surface area (Å²) in [7, 11) is 0. The van der Waals surface area contributed by atoms with Crippen LogP contribution in [0.1, 0.15) is 0 Å². The summed E-state index contributed by atoms with van der Waals surface area (Å²) in [5, 5.41) is 2.41. The van der Waals surface area contributed by atoms with Crippen LogP contribution in [0.3, 0.4) is 0 Å². The zero-order valence-electron chi connectivity index (χ0n) is 26.5. The molecular weight excluding hydrogens is 599 g/mol. The fourth-order valence-corrected chi connectivity index (χ4v) is 6.63. The van der Waals surface area contributed by atoms with E-state index in [2.05, 4.69) is 101 Å². The monoisotopic (exact) mass is 627 g/mol. The number of fused-ring (bicyclic) bond motifs is 3. The standard InChI is InChI=1S/C44H29N5/c1-4-12-30(13-5-1)34-20-22-38-37-18-10-11-19-40(37)49(41(38)28-34)35-21-23-36(31-24-26-45-27-25-31)39(29-35)44-47-42(32-14-6-2-7-15-32)46-43(48-44)33-16-8-3-9-17-33/h1-29H. The molecule has 5 nitrogen and oxygen atoms in total. The summed E-state index contributed by atoms with van der Waals surface area (Å²) in [6.07, 6.45) is 3.65. The fourth-order valence-electron chi connectivity index (χ4n) is 6.63. The SMILES string of the molecule is c1ccc(-c2ccc3c4ccccc4n(-c4ccc(-c5ccncc5)c(-c5nc(-c6ccccc6)nc(-c6ccccc6)n5)c4)c3c2)cc1. The minimum atomic E-state index is 0.604. The van der Waals surface area contributed by atoms with E-state index in [4.69, 9.17) is 15.0 Å². The van der Waals surface area contributed by atoms with Gasteiger partial charge in [-0.15, -0.1) is 0 Å². The minimum Gasteiger partial charge on any atom is -0.309 e. The van der Waals surface area contributed by atoms with Crippen molar-refractivity contribution in [2.24, 2.45) is 0 Å². The van der Waals surface area contributed by atoms with E-state index < -0.39 is 0 Å². The van der Waals surface area contributed by atoms with Crippen LogP contribution >= 0.6 is 0 Å². The molecule has 0 atom stereocenters. The molecule has 6 aromatic carbocycles. The first-order valence-corrected chi connectivity index (χ1v) is 16.3. The van der Waals surface area contributed by atoms with Gasteiger partial charge in [0.15, 0.2) is 17.5 Å². The van der Waals surface area contributed by atoms with E-state index in [1.54, 1.807) is 0 Å². The number of hydrogen-bond acceptors (Lipinski definition) is 4. The Balaban J connectivity index is 1.32. The molecule has 0 amide bonds. The quantitative estimate of drug-likeness (QED) is 0.184. The van der Waals surface area contributed by atoms with Gasteiger partial charge in [-0.05, 0) is 58.7 Å². The van der Waals surface area contributed by atoms with Gasteiger partial charge in [0.2, 0.25) is 0 Å². The minimum absolute atomic E-state index is 0.604. The first-order chi connectivity index (χ1) is 24.3. The maximum absolute atomic E-state index is 5.14. The van der Waals surface area contributed by atoms with Crippen molar-refractivity contribution in [3.63, 3.8) is 0 Å². The van der Waals surface area contributed by atoms with Crippen molar-refractivity contribution in [3.8, 4) is 62.1 Å². The van der Waals surface area contributed by atoms with E-state index in [1.807, 2.05) is 85.2 Å². The second-order valence-corrected chi connectivity index (χ2v) is 12.0. The molecular formula is C44H29N5. The summed E-state index contributed by atoms with van der Waals surface area (Å²) < 4.78 is 2.36. The molecule has 0 saturated carbocycles. The first kappa shape index (κ1) is 28.5. The summed E-state index contributed by atoms with van der Waals surface area (Å²) in [6, 6.07) is 56.7. The third kappa shape index (κ3) is 5.24. The highest BCUT2D eigenvalue weighted by Crippen LogP contribution is 2.38. The molecule has 3 heterocycles. The smallest absolute Gasteiger partial charge is 0.164 e. The van der Waals surface area contributed by atoms with Crippen LogP contribution in [0, 0.1) is 0 Å². The van der Waals surface area contributed by atoms with Crippen LogP contribution < -0.4 is 0 Å². The number of benzene rings is 6. The molecule has 9 aromatic rings. The Morgan fingerprint density at radius 1 is 0.347 bits per heavy atom. The molecule has 3 aromatic heterocycles. The van der Waals surface area contributed by atoms with Crippen molar-refractivity contribution in [2.75, 3.05) is 0 Å². The van der Waals surface area contributed by atoms with Crippen LogP contribution in [0.25, 0.3) is 83.9 Å². The molecule has 9 rings (SSSR count). The molecule has 5 heteroatoms. The number of aromatic nitrogens is 5. The number of nitrogens with zero attached hydrogens (tertiary/aromatic N) is 5. The maximum atomic E-state index is 5.14. The third-order valence-electron chi connectivity index (χ3n) is 8.97. The molecule has 0 unspecified atom stereocenters. The normalized spacial score (nSPS) is 11.3. The Kier molecular flexibility index (Phi) is 7.06. The maximum Gasteiger partial charge on any atom is 0.164 e. The van der Waals surface area contributed by atoms with E-state index in [9.17, 15) is 0 Å². The van der Waals surface area contributed by atoms with E-state index in [-0.39, 0.29) is 0 Å². The van der Waals surface area contributed by atoms with Crippen molar-refractivity contribution in [3.05, 3.63) is 176 Å². The Labute approximate surface area is 283 Å². The van der Waals surface area contributed by atoms with Crippen LogP contribution in [-0.2, 0) is 0 Å². The third-order valence-corrected chi connectivity index (χ3v) is 8.97. The zero-order chi connectivity index (χ0) is 32.6. The highest BCUT2D eigenvalue weighted by molar-refractivity contribution is 6.10. The number of para-hydroxylation sites is 1. The van der Waals surface area contributed by atoms with Gasteiger partial charge in [-0.25, -0.2) is 15.0 Å². The molecule has 0 N–H and O–H groups in total. The second kappa shape index (κ2) is 12.1. The van der Waals surface area contributed by atoms with Crippen LogP contribution in [-0.4, -0.2) is 24.5 Å². The van der Waals surface area contributed by atoms with Gasteiger partial charge in [0.25, 0.3) is 0 Å². The lowest BCUT2D eigenvalue weighted by atomic mass is 9.98. The molecule has 0 fully saturated rings. The molecule has 0 aliphatic heterocycles. The van der Waals surface area contributed by atoms with Gasteiger partial charge in [0, 0.05) is 45.5 Å². The Bertz CT molecular complexity index is 2520. The van der Waals surface area contributed by atoms with E-state index in [0.29, 0.717) is 17.5 Å². The lowest BCUT2D eigenvalue weighted by molar-refractivity contribution is 1.07. The van der Waals surface area contributed by atoms with E-state index in [1.165, 1.54) is 21.9 Å². The van der Waals surface area contributed by atoms with Gasteiger partial charge in [0.1, 0.15) is 0 Å². The summed E-state index contributed by atoms with van der Waals surface area (Å²) in [4.78, 5) is 19.5. The number of rotatable bonds is 6. The van der Waals surface area contributed by atoms with Crippen LogP contribution in [0.5, 0.6) is 0 Å². The summed E-state index contributed by atoms with van der Waals surface area (Å²) >= 11 is 0. The average molecular weight is 628 g/mol. The van der Waals surface area contributed by atoms with Crippen molar-refractivity contribution >= 4 is 21.8 Å². The topological polar surface area (TPSA) is 56.5 Å². The van der Waals surface area contributed by atoms with Gasteiger partial charge in [0.05, 0.1) is 11.0 Å². The van der Waals surface area contributed by atoms with Crippen molar-refractivity contribution in [1.29, 1.82) is 0 Å². The molecule has 230 valence electrons. The largest absolute Gasteiger partial charge is 0.309 e. The van der Waals surface area contributed by atoms with E-state index in [0.717, 1.165) is 44.5 Å². The molecule has 49 heavy (non-hydrogen) atoms. The number of hydrogen-bond donors (Lipinski definition) is 0. The molecule has 0 radical (unpaired) electrons. The molecule has 0 bridgehead atoms. The first-order valence-electron chi connectivity index (χ1n) is 16.3. The Morgan fingerprint density at radius 2 is 0.918 bits per heavy atom. The lowest BCUT2D eigenvalue weighted by Gasteiger charge is -2.15. The summed E-state index contributed by atoms with van der Waals surface area (Å²) in [5.74, 6) is 1.85. The van der Waals surface area contributed by atoms with Gasteiger partial charge >= 0.3 is 0 Å². The zero-order valence-corrected chi connectivity index (χ0v) is 26.5. The molecule has 0 saturated heterocycles. The predicted molar refractivity (Wildman–Crippen MR) is 199 cm³/mol. The lowest BCUT2D eigenvalue weighted by Crippen LogP contribution is -2.02. The van der Waals surface area contributed by atoms with Gasteiger partial charge < -0.3 is 4.57 Å².